The van der Waals surface area contributed by atoms with Gasteiger partial charge in [0.2, 0.25) is 0 Å². The summed E-state index contributed by atoms with van der Waals surface area (Å²) in [5.41, 5.74) is 1.58. The van der Waals surface area contributed by atoms with E-state index in [9.17, 15) is 0 Å². The number of hydrogen-bond acceptors (Lipinski definition) is 0. The maximum absolute atomic E-state index is 2.56. The summed E-state index contributed by atoms with van der Waals surface area (Å²) in [5, 5.41) is 0. The fourth-order valence-electron chi connectivity index (χ4n) is 5.34. The maximum atomic E-state index is 2.56. The van der Waals surface area contributed by atoms with E-state index in [-0.39, 0.29) is 0 Å². The van der Waals surface area contributed by atoms with E-state index >= 15 is 0 Å². The van der Waals surface area contributed by atoms with Crippen molar-refractivity contribution in [3.05, 3.63) is 35.9 Å². The Hall–Kier alpha value is -0.780. The maximum Gasteiger partial charge on any atom is -0.0162 e. The summed E-state index contributed by atoms with van der Waals surface area (Å²) < 4.78 is 0. The Morgan fingerprint density at radius 1 is 0.826 bits per heavy atom. The Balaban J connectivity index is 1.42. The lowest BCUT2D eigenvalue weighted by molar-refractivity contribution is 0.172. The van der Waals surface area contributed by atoms with Crippen molar-refractivity contribution >= 4 is 0 Å². The molecule has 1 aromatic carbocycles. The van der Waals surface area contributed by atoms with E-state index in [1.807, 2.05) is 0 Å². The van der Waals surface area contributed by atoms with E-state index in [0.29, 0.717) is 0 Å². The summed E-state index contributed by atoms with van der Waals surface area (Å²) in [6.07, 6.45) is 14.7. The highest BCUT2D eigenvalue weighted by Crippen LogP contribution is 2.42. The van der Waals surface area contributed by atoms with E-state index < -0.39 is 0 Å². The molecule has 0 heteroatoms. The van der Waals surface area contributed by atoms with Crippen LogP contribution in [0.1, 0.15) is 89.5 Å². The SMILES string of the molecule is CCC1CCC(C(C)CC2CCC(c3ccccc3)CC2)CC1. The third-order valence-corrected chi connectivity index (χ3v) is 7.10. The van der Waals surface area contributed by atoms with Crippen molar-refractivity contribution in [3.63, 3.8) is 0 Å². The van der Waals surface area contributed by atoms with Gasteiger partial charge in [-0.3, -0.25) is 0 Å². The van der Waals surface area contributed by atoms with Crippen molar-refractivity contribution in [2.24, 2.45) is 23.7 Å². The van der Waals surface area contributed by atoms with Gasteiger partial charge >= 0.3 is 0 Å². The lowest BCUT2D eigenvalue weighted by Crippen LogP contribution is -2.23. The van der Waals surface area contributed by atoms with Crippen LogP contribution < -0.4 is 0 Å². The van der Waals surface area contributed by atoms with E-state index in [2.05, 4.69) is 44.2 Å². The molecule has 1 atom stereocenters. The zero-order valence-electron chi connectivity index (χ0n) is 15.3. The molecule has 0 radical (unpaired) electrons. The van der Waals surface area contributed by atoms with Gasteiger partial charge in [-0.1, -0.05) is 63.4 Å². The molecular weight excluding hydrogens is 276 g/mol. The molecule has 128 valence electrons. The summed E-state index contributed by atoms with van der Waals surface area (Å²) >= 11 is 0. The van der Waals surface area contributed by atoms with Gasteiger partial charge in [0.05, 0.1) is 0 Å². The summed E-state index contributed by atoms with van der Waals surface area (Å²) in [7, 11) is 0. The third kappa shape index (κ3) is 4.61. The largest absolute Gasteiger partial charge is 0.0651 e. The zero-order chi connectivity index (χ0) is 16.1. The van der Waals surface area contributed by atoms with Crippen molar-refractivity contribution in [2.45, 2.75) is 84.0 Å². The molecule has 0 nitrogen and oxygen atoms in total. The standard InChI is InChI=1S/C23H36/c1-3-19-9-13-21(14-10-19)18(2)17-20-11-15-23(16-12-20)22-7-5-4-6-8-22/h4-8,18-21,23H,3,9-17H2,1-2H3. The summed E-state index contributed by atoms with van der Waals surface area (Å²) in [6, 6.07) is 11.2. The molecule has 0 aromatic heterocycles. The molecule has 0 bridgehead atoms. The minimum absolute atomic E-state index is 0.836. The molecule has 0 N–H and O–H groups in total. The first-order valence-electron chi connectivity index (χ1n) is 10.3. The lowest BCUT2D eigenvalue weighted by atomic mass is 9.70. The fraction of sp³-hybridized carbons (Fsp3) is 0.739. The molecule has 2 aliphatic carbocycles. The summed E-state index contributed by atoms with van der Waals surface area (Å²) in [4.78, 5) is 0. The van der Waals surface area contributed by atoms with E-state index in [4.69, 9.17) is 0 Å². The van der Waals surface area contributed by atoms with Crippen LogP contribution in [0.5, 0.6) is 0 Å². The second kappa shape index (κ2) is 8.36. The molecule has 0 amide bonds. The minimum Gasteiger partial charge on any atom is -0.0651 e. The number of rotatable bonds is 5. The average Bonchev–Trinajstić information content (AvgIpc) is 2.63. The smallest absolute Gasteiger partial charge is 0.0162 e. The van der Waals surface area contributed by atoms with Gasteiger partial charge in [-0.05, 0) is 80.1 Å². The van der Waals surface area contributed by atoms with Gasteiger partial charge in [0, 0.05) is 0 Å². The zero-order valence-corrected chi connectivity index (χ0v) is 15.3. The van der Waals surface area contributed by atoms with Gasteiger partial charge in [-0.15, -0.1) is 0 Å². The molecule has 23 heavy (non-hydrogen) atoms. The first-order chi connectivity index (χ1) is 11.3. The van der Waals surface area contributed by atoms with Crippen molar-refractivity contribution in [1.29, 1.82) is 0 Å². The minimum atomic E-state index is 0.836. The predicted octanol–water partition coefficient (Wildman–Crippen LogP) is 7.20. The number of hydrogen-bond donors (Lipinski definition) is 0. The van der Waals surface area contributed by atoms with Crippen LogP contribution in [-0.4, -0.2) is 0 Å². The third-order valence-electron chi connectivity index (χ3n) is 7.10. The van der Waals surface area contributed by atoms with Crippen LogP contribution in [0.4, 0.5) is 0 Å². The Kier molecular flexibility index (Phi) is 6.20. The van der Waals surface area contributed by atoms with Crippen molar-refractivity contribution < 1.29 is 0 Å². The first kappa shape index (κ1) is 17.1. The highest BCUT2D eigenvalue weighted by atomic mass is 14.3. The summed E-state index contributed by atoms with van der Waals surface area (Å²) in [6.45, 7) is 4.93. The molecule has 0 heterocycles. The highest BCUT2D eigenvalue weighted by molar-refractivity contribution is 5.19. The molecule has 1 aromatic rings. The second-order valence-corrected chi connectivity index (χ2v) is 8.53. The van der Waals surface area contributed by atoms with Gasteiger partial charge in [-0.2, -0.15) is 0 Å². The van der Waals surface area contributed by atoms with Crippen LogP contribution in [0.25, 0.3) is 0 Å². The Morgan fingerprint density at radius 2 is 1.43 bits per heavy atom. The predicted molar refractivity (Wildman–Crippen MR) is 101 cm³/mol. The van der Waals surface area contributed by atoms with Crippen molar-refractivity contribution in [1.82, 2.24) is 0 Å². The van der Waals surface area contributed by atoms with E-state index in [0.717, 1.165) is 29.6 Å². The molecule has 2 aliphatic rings. The lowest BCUT2D eigenvalue weighted by Gasteiger charge is -2.35. The molecule has 2 saturated carbocycles. The average molecular weight is 313 g/mol. The Morgan fingerprint density at radius 3 is 2.04 bits per heavy atom. The van der Waals surface area contributed by atoms with Crippen LogP contribution in [0.3, 0.4) is 0 Å². The molecular formula is C23H36. The first-order valence-corrected chi connectivity index (χ1v) is 10.3. The molecule has 3 rings (SSSR count). The van der Waals surface area contributed by atoms with E-state index in [1.54, 1.807) is 5.56 Å². The van der Waals surface area contributed by atoms with Gasteiger partial charge in [0.1, 0.15) is 0 Å². The van der Waals surface area contributed by atoms with Crippen LogP contribution in [0.15, 0.2) is 30.3 Å². The number of benzene rings is 1. The Labute approximate surface area is 144 Å². The molecule has 0 spiro atoms. The quantitative estimate of drug-likeness (QED) is 0.539. The van der Waals surface area contributed by atoms with Crippen LogP contribution in [0.2, 0.25) is 0 Å². The monoisotopic (exact) mass is 312 g/mol. The Bertz CT molecular complexity index is 432. The van der Waals surface area contributed by atoms with Crippen molar-refractivity contribution in [3.8, 4) is 0 Å². The van der Waals surface area contributed by atoms with Crippen LogP contribution in [0, 0.1) is 23.7 Å². The van der Waals surface area contributed by atoms with Gasteiger partial charge in [0.25, 0.3) is 0 Å². The molecule has 2 fully saturated rings. The van der Waals surface area contributed by atoms with Crippen molar-refractivity contribution in [2.75, 3.05) is 0 Å². The molecule has 0 saturated heterocycles. The molecule has 1 unspecified atom stereocenters. The summed E-state index contributed by atoms with van der Waals surface area (Å²) in [5.74, 6) is 4.88. The van der Waals surface area contributed by atoms with Gasteiger partial charge in [0.15, 0.2) is 0 Å². The fourth-order valence-corrected chi connectivity index (χ4v) is 5.34. The highest BCUT2D eigenvalue weighted by Gasteiger charge is 2.28. The normalized spacial score (nSPS) is 33.3. The topological polar surface area (TPSA) is 0 Å². The van der Waals surface area contributed by atoms with Gasteiger partial charge < -0.3 is 0 Å². The van der Waals surface area contributed by atoms with Crippen LogP contribution in [-0.2, 0) is 0 Å². The van der Waals surface area contributed by atoms with E-state index in [1.165, 1.54) is 64.2 Å². The van der Waals surface area contributed by atoms with Crippen LogP contribution >= 0.6 is 0 Å². The van der Waals surface area contributed by atoms with Gasteiger partial charge in [-0.25, -0.2) is 0 Å². The molecule has 0 aliphatic heterocycles. The second-order valence-electron chi connectivity index (χ2n) is 8.53.